The number of hydrogen-bond acceptors (Lipinski definition) is 3. The minimum atomic E-state index is -0.543. The molecule has 0 aromatic carbocycles. The van der Waals surface area contributed by atoms with Crippen LogP contribution in [0.2, 0.25) is 0 Å². The highest BCUT2D eigenvalue weighted by molar-refractivity contribution is 5.90. The van der Waals surface area contributed by atoms with Crippen LogP contribution in [0.25, 0.3) is 0 Å². The second kappa shape index (κ2) is 7.42. The van der Waals surface area contributed by atoms with Crippen LogP contribution in [-0.2, 0) is 9.59 Å². The molecule has 5 unspecified atom stereocenters. The minimum absolute atomic E-state index is 0.0540. The van der Waals surface area contributed by atoms with E-state index in [1.807, 2.05) is 0 Å². The lowest BCUT2D eigenvalue weighted by atomic mass is 9.82. The van der Waals surface area contributed by atoms with Crippen molar-refractivity contribution in [3.05, 3.63) is 0 Å². The van der Waals surface area contributed by atoms with Crippen molar-refractivity contribution in [2.24, 2.45) is 17.3 Å². The summed E-state index contributed by atoms with van der Waals surface area (Å²) in [5.41, 5.74) is -0.543. The van der Waals surface area contributed by atoms with E-state index in [9.17, 15) is 9.59 Å². The van der Waals surface area contributed by atoms with Crippen LogP contribution in [-0.4, -0.2) is 37.0 Å². The minimum Gasteiger partial charge on any atom is -0.353 e. The number of amides is 2. The molecule has 3 rings (SSSR count). The molecular formula is C19H33N3O2. The molecule has 3 aliphatic rings. The maximum absolute atomic E-state index is 12.8. The lowest BCUT2D eigenvalue weighted by Gasteiger charge is -2.26. The molecule has 2 aliphatic carbocycles. The molecule has 3 fully saturated rings. The van der Waals surface area contributed by atoms with Crippen LogP contribution in [0.3, 0.4) is 0 Å². The van der Waals surface area contributed by atoms with Gasteiger partial charge in [-0.15, -0.1) is 0 Å². The van der Waals surface area contributed by atoms with Gasteiger partial charge in [-0.2, -0.15) is 0 Å². The Bertz CT molecular complexity index is 473. The second-order valence-electron chi connectivity index (χ2n) is 8.21. The molecule has 1 saturated heterocycles. The summed E-state index contributed by atoms with van der Waals surface area (Å²) in [5.74, 6) is 1.46. The molecule has 0 aromatic heterocycles. The lowest BCUT2D eigenvalue weighted by molar-refractivity contribution is -0.135. The summed E-state index contributed by atoms with van der Waals surface area (Å²) in [6.45, 7) is 5.82. The van der Waals surface area contributed by atoms with E-state index in [0.29, 0.717) is 36.9 Å². The number of rotatable bonds is 9. The van der Waals surface area contributed by atoms with E-state index in [4.69, 9.17) is 0 Å². The maximum Gasteiger partial charge on any atom is 0.228 e. The summed E-state index contributed by atoms with van der Waals surface area (Å²) >= 11 is 0. The Morgan fingerprint density at radius 1 is 1.04 bits per heavy atom. The van der Waals surface area contributed by atoms with Crippen LogP contribution in [0.5, 0.6) is 0 Å². The Balaban J connectivity index is 1.50. The largest absolute Gasteiger partial charge is 0.353 e. The lowest BCUT2D eigenvalue weighted by Crippen LogP contribution is -2.47. The average Bonchev–Trinajstić information content (AvgIpc) is 3.39. The van der Waals surface area contributed by atoms with Gasteiger partial charge in [0.25, 0.3) is 0 Å². The summed E-state index contributed by atoms with van der Waals surface area (Å²) in [4.78, 5) is 25.3. The molecule has 1 heterocycles. The fourth-order valence-corrected chi connectivity index (χ4v) is 4.28. The fraction of sp³-hybridized carbons (Fsp3) is 0.895. The molecule has 5 atom stereocenters. The van der Waals surface area contributed by atoms with Gasteiger partial charge in [-0.1, -0.05) is 26.7 Å². The Hall–Kier alpha value is -1.10. The van der Waals surface area contributed by atoms with Gasteiger partial charge in [0.15, 0.2) is 0 Å². The first-order chi connectivity index (χ1) is 11.6. The molecule has 0 radical (unpaired) electrons. The van der Waals surface area contributed by atoms with E-state index in [-0.39, 0.29) is 11.8 Å². The van der Waals surface area contributed by atoms with E-state index < -0.39 is 5.41 Å². The molecule has 2 amide bonds. The Morgan fingerprint density at radius 2 is 1.67 bits per heavy atom. The van der Waals surface area contributed by atoms with Crippen LogP contribution < -0.4 is 16.0 Å². The number of hydrogen-bond donors (Lipinski definition) is 3. The van der Waals surface area contributed by atoms with Crippen molar-refractivity contribution in [1.82, 2.24) is 16.0 Å². The van der Waals surface area contributed by atoms with E-state index in [0.717, 1.165) is 25.8 Å². The SMILES string of the molecule is CCCC1CC1NC(=O)CC1(C(=O)NC2CC2CCC)CCNC1. The van der Waals surface area contributed by atoms with Crippen LogP contribution >= 0.6 is 0 Å². The molecular weight excluding hydrogens is 302 g/mol. The average molecular weight is 335 g/mol. The van der Waals surface area contributed by atoms with E-state index >= 15 is 0 Å². The molecule has 3 N–H and O–H groups in total. The Morgan fingerprint density at radius 3 is 2.21 bits per heavy atom. The van der Waals surface area contributed by atoms with Crippen molar-refractivity contribution in [3.63, 3.8) is 0 Å². The summed E-state index contributed by atoms with van der Waals surface area (Å²) in [7, 11) is 0. The van der Waals surface area contributed by atoms with Crippen molar-refractivity contribution in [3.8, 4) is 0 Å². The number of nitrogens with one attached hydrogen (secondary N) is 3. The third-order valence-corrected chi connectivity index (χ3v) is 6.05. The smallest absolute Gasteiger partial charge is 0.228 e. The van der Waals surface area contributed by atoms with Gasteiger partial charge >= 0.3 is 0 Å². The third-order valence-electron chi connectivity index (χ3n) is 6.05. The van der Waals surface area contributed by atoms with Crippen molar-refractivity contribution in [2.45, 2.75) is 77.3 Å². The van der Waals surface area contributed by atoms with Crippen LogP contribution in [0.4, 0.5) is 0 Å². The molecule has 24 heavy (non-hydrogen) atoms. The van der Waals surface area contributed by atoms with Gasteiger partial charge in [0, 0.05) is 25.0 Å². The Kier molecular flexibility index (Phi) is 5.48. The predicted molar refractivity (Wildman–Crippen MR) is 94.4 cm³/mol. The van der Waals surface area contributed by atoms with E-state index in [1.54, 1.807) is 0 Å². The monoisotopic (exact) mass is 335 g/mol. The molecule has 0 bridgehead atoms. The van der Waals surface area contributed by atoms with Gasteiger partial charge < -0.3 is 16.0 Å². The quantitative estimate of drug-likeness (QED) is 0.603. The molecule has 0 spiro atoms. The van der Waals surface area contributed by atoms with E-state index in [1.165, 1.54) is 25.7 Å². The molecule has 5 heteroatoms. The zero-order chi connectivity index (χ0) is 17.2. The molecule has 2 saturated carbocycles. The van der Waals surface area contributed by atoms with Crippen molar-refractivity contribution in [2.75, 3.05) is 13.1 Å². The highest BCUT2D eigenvalue weighted by atomic mass is 16.2. The standard InChI is InChI=1S/C19H33N3O2/c1-3-5-13-9-15(13)21-17(23)11-19(7-8-20-12-19)18(24)22-16-10-14(16)6-4-2/h13-16,20H,3-12H2,1-2H3,(H,21,23)(H,22,24). The molecule has 5 nitrogen and oxygen atoms in total. The van der Waals surface area contributed by atoms with Gasteiger partial charge in [-0.3, -0.25) is 9.59 Å². The normalized spacial score (nSPS) is 37.1. The van der Waals surface area contributed by atoms with Gasteiger partial charge in [0.2, 0.25) is 11.8 Å². The predicted octanol–water partition coefficient (Wildman–Crippen LogP) is 1.97. The van der Waals surface area contributed by atoms with Gasteiger partial charge in [-0.05, 0) is 50.5 Å². The first kappa shape index (κ1) is 17.7. The summed E-state index contributed by atoms with van der Waals surface area (Å²) in [6, 6.07) is 0.694. The molecule has 1 aliphatic heterocycles. The van der Waals surface area contributed by atoms with Crippen LogP contribution in [0.1, 0.15) is 65.2 Å². The first-order valence-electron chi connectivity index (χ1n) is 9.89. The summed E-state index contributed by atoms with van der Waals surface area (Å²) < 4.78 is 0. The van der Waals surface area contributed by atoms with Gasteiger partial charge in [0.1, 0.15) is 0 Å². The third kappa shape index (κ3) is 4.11. The fourth-order valence-electron chi connectivity index (χ4n) is 4.28. The van der Waals surface area contributed by atoms with Crippen LogP contribution in [0, 0.1) is 17.3 Å². The number of carbonyl (C=O) groups excluding carboxylic acids is 2. The highest BCUT2D eigenvalue weighted by Crippen LogP contribution is 2.38. The van der Waals surface area contributed by atoms with Gasteiger partial charge in [-0.25, -0.2) is 0 Å². The van der Waals surface area contributed by atoms with E-state index in [2.05, 4.69) is 29.8 Å². The zero-order valence-electron chi connectivity index (χ0n) is 15.2. The van der Waals surface area contributed by atoms with Crippen molar-refractivity contribution >= 4 is 11.8 Å². The topological polar surface area (TPSA) is 70.2 Å². The highest BCUT2D eigenvalue weighted by Gasteiger charge is 2.47. The van der Waals surface area contributed by atoms with Crippen LogP contribution in [0.15, 0.2) is 0 Å². The number of carbonyl (C=O) groups is 2. The summed E-state index contributed by atoms with van der Waals surface area (Å²) in [5, 5.41) is 9.65. The first-order valence-corrected chi connectivity index (χ1v) is 9.89. The Labute approximate surface area is 145 Å². The molecule has 136 valence electrons. The second-order valence-corrected chi connectivity index (χ2v) is 8.21. The summed E-state index contributed by atoms with van der Waals surface area (Å²) in [6.07, 6.45) is 8.04. The zero-order valence-corrected chi connectivity index (χ0v) is 15.2. The van der Waals surface area contributed by atoms with Crippen molar-refractivity contribution < 1.29 is 9.59 Å². The van der Waals surface area contributed by atoms with Crippen molar-refractivity contribution in [1.29, 1.82) is 0 Å². The maximum atomic E-state index is 12.8. The molecule has 0 aromatic rings. The van der Waals surface area contributed by atoms with Gasteiger partial charge in [0.05, 0.1) is 5.41 Å².